The lowest BCUT2D eigenvalue weighted by Gasteiger charge is -2.31. The van der Waals surface area contributed by atoms with Crippen molar-refractivity contribution in [2.24, 2.45) is 0 Å². The highest BCUT2D eigenvalue weighted by molar-refractivity contribution is 5.91. The van der Waals surface area contributed by atoms with Gasteiger partial charge in [0.1, 0.15) is 0 Å². The predicted octanol–water partition coefficient (Wildman–Crippen LogP) is 2.74. The van der Waals surface area contributed by atoms with Gasteiger partial charge < -0.3 is 15.0 Å². The zero-order chi connectivity index (χ0) is 24.1. The van der Waals surface area contributed by atoms with E-state index < -0.39 is 5.54 Å². The van der Waals surface area contributed by atoms with E-state index in [4.69, 9.17) is 10.00 Å². The van der Waals surface area contributed by atoms with Gasteiger partial charge in [-0.1, -0.05) is 0 Å². The number of hydrogen-bond acceptors (Lipinski definition) is 9. The number of unbranched alkanes of at least 4 members (excludes halogenated alkanes) is 1. The Kier molecular flexibility index (Phi) is 6.86. The molecule has 1 fully saturated rings. The lowest BCUT2D eigenvalue weighted by atomic mass is 9.92. The van der Waals surface area contributed by atoms with E-state index in [0.29, 0.717) is 44.4 Å². The van der Waals surface area contributed by atoms with Crippen LogP contribution in [-0.4, -0.2) is 61.3 Å². The Balaban J connectivity index is 1.51. The minimum absolute atomic E-state index is 0.0166. The number of fused-ring (bicyclic) bond motifs is 1. The first-order valence-electron chi connectivity index (χ1n) is 11.5. The number of nitrogens with one attached hydrogen (secondary N) is 2. The van der Waals surface area contributed by atoms with E-state index in [0.717, 1.165) is 29.6 Å². The Labute approximate surface area is 198 Å². The van der Waals surface area contributed by atoms with E-state index in [9.17, 15) is 4.79 Å². The lowest BCUT2D eigenvalue weighted by molar-refractivity contribution is 0.0906. The lowest BCUT2D eigenvalue weighted by Crippen LogP contribution is -2.42. The molecule has 178 valence electrons. The van der Waals surface area contributed by atoms with Crippen LogP contribution < -0.4 is 15.0 Å². The molecule has 1 aliphatic rings. The maximum absolute atomic E-state index is 12.8. The van der Waals surface area contributed by atoms with Gasteiger partial charge in [-0.25, -0.2) is 4.98 Å². The van der Waals surface area contributed by atoms with Crippen molar-refractivity contribution in [1.29, 1.82) is 5.26 Å². The highest BCUT2D eigenvalue weighted by Gasteiger charge is 2.27. The summed E-state index contributed by atoms with van der Waals surface area (Å²) in [6.45, 7) is 7.40. The second-order valence-electron chi connectivity index (χ2n) is 9.33. The Morgan fingerprint density at radius 2 is 2.09 bits per heavy atom. The van der Waals surface area contributed by atoms with Crippen molar-refractivity contribution in [2.45, 2.75) is 57.9 Å². The normalized spacial score (nSPS) is 14.7. The molecule has 4 rings (SSSR count). The van der Waals surface area contributed by atoms with Gasteiger partial charge in [0, 0.05) is 48.2 Å². The zero-order valence-corrected chi connectivity index (χ0v) is 19.7. The molecule has 1 saturated heterocycles. The number of aromatic amines is 1. The molecule has 1 amide bonds. The maximum atomic E-state index is 12.8. The number of amides is 1. The van der Waals surface area contributed by atoms with Gasteiger partial charge >= 0.3 is 6.01 Å². The van der Waals surface area contributed by atoms with E-state index in [2.05, 4.69) is 41.5 Å². The number of carbonyl (C=O) groups excluding carboxylic acids is 1. The number of ether oxygens (including phenoxy) is 1. The van der Waals surface area contributed by atoms with Gasteiger partial charge in [-0.3, -0.25) is 9.89 Å². The molecule has 3 aromatic heterocycles. The Morgan fingerprint density at radius 1 is 1.29 bits per heavy atom. The first kappa shape index (κ1) is 23.4. The van der Waals surface area contributed by atoms with E-state index in [-0.39, 0.29) is 17.7 Å². The molecule has 3 aromatic rings. The number of anilines is 1. The quantitative estimate of drug-likeness (QED) is 0.505. The maximum Gasteiger partial charge on any atom is 0.321 e. The van der Waals surface area contributed by atoms with Crippen LogP contribution >= 0.6 is 0 Å². The van der Waals surface area contributed by atoms with Crippen molar-refractivity contribution in [1.82, 2.24) is 35.5 Å². The van der Waals surface area contributed by atoms with Crippen LogP contribution in [-0.2, 0) is 0 Å². The fraction of sp³-hybridized carbons (Fsp3) is 0.522. The minimum atomic E-state index is -0.433. The van der Waals surface area contributed by atoms with Gasteiger partial charge in [0.15, 0.2) is 5.65 Å². The number of hydrogen-bond donors (Lipinski definition) is 2. The predicted molar refractivity (Wildman–Crippen MR) is 125 cm³/mol. The van der Waals surface area contributed by atoms with Gasteiger partial charge in [0.25, 0.3) is 5.91 Å². The highest BCUT2D eigenvalue weighted by atomic mass is 16.5. The van der Waals surface area contributed by atoms with Crippen molar-refractivity contribution >= 4 is 22.9 Å². The van der Waals surface area contributed by atoms with Crippen LogP contribution in [0.1, 0.15) is 68.7 Å². The summed E-state index contributed by atoms with van der Waals surface area (Å²) in [5, 5.41) is 20.2. The fourth-order valence-electron chi connectivity index (χ4n) is 3.91. The fourth-order valence-corrected chi connectivity index (χ4v) is 3.91. The molecule has 0 radical (unpaired) electrons. The summed E-state index contributed by atoms with van der Waals surface area (Å²) in [5.74, 6) is 0.365. The molecule has 0 spiro atoms. The summed E-state index contributed by atoms with van der Waals surface area (Å²) >= 11 is 0. The largest absolute Gasteiger partial charge is 0.463 e. The van der Waals surface area contributed by atoms with Gasteiger partial charge in [-0.2, -0.15) is 25.3 Å². The van der Waals surface area contributed by atoms with E-state index in [1.807, 2.05) is 37.8 Å². The van der Waals surface area contributed by atoms with E-state index >= 15 is 0 Å². The number of nitrogens with zero attached hydrogens (tertiary/aromatic N) is 7. The highest BCUT2D eigenvalue weighted by Crippen LogP contribution is 2.32. The molecule has 1 aliphatic heterocycles. The summed E-state index contributed by atoms with van der Waals surface area (Å²) in [7, 11) is 0. The molecule has 4 heterocycles. The Morgan fingerprint density at radius 3 is 2.82 bits per heavy atom. The molecule has 0 aliphatic carbocycles. The summed E-state index contributed by atoms with van der Waals surface area (Å²) in [5.41, 5.74) is 1.40. The average molecular weight is 464 g/mol. The van der Waals surface area contributed by atoms with Gasteiger partial charge in [-0.15, -0.1) is 0 Å². The van der Waals surface area contributed by atoms with E-state index in [1.54, 1.807) is 6.20 Å². The summed E-state index contributed by atoms with van der Waals surface area (Å²) in [6.07, 6.45) is 4.42. The molecule has 11 nitrogen and oxygen atoms in total. The van der Waals surface area contributed by atoms with Crippen molar-refractivity contribution in [3.8, 4) is 12.1 Å². The number of carbonyl (C=O) groups is 1. The average Bonchev–Trinajstić information content (AvgIpc) is 3.25. The third-order valence-electron chi connectivity index (χ3n) is 5.50. The van der Waals surface area contributed by atoms with Crippen molar-refractivity contribution in [3.63, 3.8) is 0 Å². The Hall–Kier alpha value is -3.81. The molecular weight excluding hydrogens is 434 g/mol. The number of pyridine rings is 1. The standard InChI is InChI=1S/C23H29N9O2/c1-23(2,3)29-20(33)19-26-21(28-22(27-19)34-14-5-4-10-24)32-12-8-15(9-13-32)17-16-7-6-11-25-18(16)31-30-17/h6-7,11,15H,4-5,8-9,12-14H2,1-3H3,(H,29,33)(H,25,30,31). The second-order valence-corrected chi connectivity index (χ2v) is 9.33. The summed E-state index contributed by atoms with van der Waals surface area (Å²) in [6, 6.07) is 6.13. The molecule has 0 unspecified atom stereocenters. The molecule has 0 bridgehead atoms. The van der Waals surface area contributed by atoms with Crippen LogP contribution in [0.15, 0.2) is 18.3 Å². The first-order valence-corrected chi connectivity index (χ1v) is 11.5. The third kappa shape index (κ3) is 5.57. The van der Waals surface area contributed by atoms with Crippen molar-refractivity contribution in [2.75, 3.05) is 24.6 Å². The van der Waals surface area contributed by atoms with Crippen molar-refractivity contribution < 1.29 is 9.53 Å². The van der Waals surface area contributed by atoms with Crippen LogP contribution in [0.3, 0.4) is 0 Å². The Bertz CT molecular complexity index is 1190. The third-order valence-corrected chi connectivity index (χ3v) is 5.50. The number of nitriles is 1. The molecule has 11 heteroatoms. The molecule has 0 saturated carbocycles. The summed E-state index contributed by atoms with van der Waals surface area (Å²) < 4.78 is 5.65. The topological polar surface area (TPSA) is 146 Å². The SMILES string of the molecule is CC(C)(C)NC(=O)c1nc(OCCCC#N)nc(N2CCC(c3[nH]nc4ncccc34)CC2)n1. The molecule has 0 aromatic carbocycles. The zero-order valence-electron chi connectivity index (χ0n) is 19.7. The number of rotatable bonds is 7. The minimum Gasteiger partial charge on any atom is -0.463 e. The van der Waals surface area contributed by atoms with Crippen LogP contribution in [0, 0.1) is 11.3 Å². The number of H-pyrrole nitrogens is 1. The molecule has 0 atom stereocenters. The number of piperidine rings is 1. The van der Waals surface area contributed by atoms with Gasteiger partial charge in [-0.05, 0) is 52.2 Å². The van der Waals surface area contributed by atoms with Gasteiger partial charge in [0.05, 0.1) is 12.7 Å². The van der Waals surface area contributed by atoms with Crippen molar-refractivity contribution in [3.05, 3.63) is 29.8 Å². The van der Waals surface area contributed by atoms with E-state index in [1.165, 1.54) is 0 Å². The monoisotopic (exact) mass is 463 g/mol. The second kappa shape index (κ2) is 9.99. The molecule has 2 N–H and O–H groups in total. The first-order chi connectivity index (χ1) is 16.3. The van der Waals surface area contributed by atoms with Gasteiger partial charge in [0.2, 0.25) is 11.8 Å². The molecular formula is C23H29N9O2. The van der Waals surface area contributed by atoms with Crippen LogP contribution in [0.4, 0.5) is 5.95 Å². The van der Waals surface area contributed by atoms with Crippen LogP contribution in [0.2, 0.25) is 0 Å². The summed E-state index contributed by atoms with van der Waals surface area (Å²) in [4.78, 5) is 32.2. The smallest absolute Gasteiger partial charge is 0.321 e. The van der Waals surface area contributed by atoms with Crippen LogP contribution in [0.25, 0.3) is 11.0 Å². The van der Waals surface area contributed by atoms with Crippen LogP contribution in [0.5, 0.6) is 6.01 Å². The molecule has 34 heavy (non-hydrogen) atoms. The number of aromatic nitrogens is 6.